The molecule has 0 aliphatic carbocycles. The van der Waals surface area contributed by atoms with E-state index in [-0.39, 0.29) is 5.56 Å². The molecular formula is C17H17F2N3OS. The first kappa shape index (κ1) is 15.7. The molecule has 0 unspecified atom stereocenters. The van der Waals surface area contributed by atoms with Gasteiger partial charge in [-0.05, 0) is 38.1 Å². The number of aromatic nitrogens is 1. The number of thiazole rings is 1. The highest BCUT2D eigenvalue weighted by molar-refractivity contribution is 7.09. The van der Waals surface area contributed by atoms with Gasteiger partial charge in [0.1, 0.15) is 17.3 Å². The van der Waals surface area contributed by atoms with Gasteiger partial charge in [-0.1, -0.05) is 11.2 Å². The number of rotatable bonds is 3. The standard InChI is InChI=1S/C17H17F2N3OS/c18-11-2-1-3-12(19)16(11)15-8-13(22-23-15)14-9-24-17(21-14)10-4-6-20-7-5-10/h1-3,9-10,15,20H,4-8H2/t15-/m1/s1. The number of oxime groups is 1. The van der Waals surface area contributed by atoms with E-state index in [4.69, 9.17) is 4.84 Å². The Morgan fingerprint density at radius 3 is 2.67 bits per heavy atom. The second-order valence-corrected chi connectivity index (χ2v) is 6.96. The highest BCUT2D eigenvalue weighted by Gasteiger charge is 2.30. The van der Waals surface area contributed by atoms with Crippen LogP contribution < -0.4 is 5.32 Å². The highest BCUT2D eigenvalue weighted by Crippen LogP contribution is 2.34. The summed E-state index contributed by atoms with van der Waals surface area (Å²) in [5.41, 5.74) is 1.34. The van der Waals surface area contributed by atoms with Crippen LogP contribution in [0, 0.1) is 11.6 Å². The van der Waals surface area contributed by atoms with Crippen LogP contribution in [0.1, 0.15) is 47.5 Å². The van der Waals surface area contributed by atoms with Crippen molar-refractivity contribution in [3.8, 4) is 0 Å². The van der Waals surface area contributed by atoms with Gasteiger partial charge in [0.05, 0.1) is 16.3 Å². The molecule has 7 heteroatoms. The second kappa shape index (κ2) is 6.57. The molecule has 1 saturated heterocycles. The van der Waals surface area contributed by atoms with Crippen LogP contribution in [0.2, 0.25) is 0 Å². The summed E-state index contributed by atoms with van der Waals surface area (Å²) in [5, 5.41) is 10.4. The van der Waals surface area contributed by atoms with Crippen molar-refractivity contribution < 1.29 is 13.6 Å². The molecule has 3 heterocycles. The van der Waals surface area contributed by atoms with Crippen LogP contribution >= 0.6 is 11.3 Å². The van der Waals surface area contributed by atoms with Crippen LogP contribution in [-0.2, 0) is 4.84 Å². The summed E-state index contributed by atoms with van der Waals surface area (Å²) in [5.74, 6) is -0.733. The summed E-state index contributed by atoms with van der Waals surface area (Å²) < 4.78 is 27.8. The third kappa shape index (κ3) is 2.93. The van der Waals surface area contributed by atoms with Crippen LogP contribution in [0.5, 0.6) is 0 Å². The fourth-order valence-electron chi connectivity index (χ4n) is 3.18. The Morgan fingerprint density at radius 1 is 1.17 bits per heavy atom. The zero-order valence-electron chi connectivity index (χ0n) is 13.0. The smallest absolute Gasteiger partial charge is 0.164 e. The lowest BCUT2D eigenvalue weighted by Gasteiger charge is -2.20. The molecule has 2 aromatic rings. The van der Waals surface area contributed by atoms with Crippen molar-refractivity contribution in [3.05, 3.63) is 51.5 Å². The Hall–Kier alpha value is -1.86. The van der Waals surface area contributed by atoms with Gasteiger partial charge < -0.3 is 10.2 Å². The quantitative estimate of drug-likeness (QED) is 0.918. The van der Waals surface area contributed by atoms with Crippen molar-refractivity contribution in [1.82, 2.24) is 10.3 Å². The Labute approximate surface area is 142 Å². The number of nitrogens with one attached hydrogen (secondary N) is 1. The number of hydrogen-bond acceptors (Lipinski definition) is 5. The molecule has 24 heavy (non-hydrogen) atoms. The minimum atomic E-state index is -0.731. The molecule has 0 spiro atoms. The first-order valence-electron chi connectivity index (χ1n) is 8.05. The summed E-state index contributed by atoms with van der Waals surface area (Å²) in [6.45, 7) is 2.02. The minimum Gasteiger partial charge on any atom is -0.387 e. The maximum absolute atomic E-state index is 13.9. The lowest BCUT2D eigenvalue weighted by atomic mass is 9.99. The van der Waals surface area contributed by atoms with E-state index in [1.807, 2.05) is 5.38 Å². The van der Waals surface area contributed by atoms with Crippen LogP contribution in [0.25, 0.3) is 0 Å². The Bertz CT molecular complexity index is 751. The van der Waals surface area contributed by atoms with Gasteiger partial charge in [-0.15, -0.1) is 11.3 Å². The third-order valence-electron chi connectivity index (χ3n) is 4.50. The molecule has 1 aromatic heterocycles. The summed E-state index contributed by atoms with van der Waals surface area (Å²) >= 11 is 1.62. The number of piperidine rings is 1. The first-order chi connectivity index (χ1) is 11.7. The lowest BCUT2D eigenvalue weighted by Crippen LogP contribution is -2.26. The molecule has 2 aliphatic rings. The molecule has 0 bridgehead atoms. The Balaban J connectivity index is 1.50. The lowest BCUT2D eigenvalue weighted by molar-refractivity contribution is 0.0800. The summed E-state index contributed by atoms with van der Waals surface area (Å²) in [7, 11) is 0. The molecule has 2 aliphatic heterocycles. The van der Waals surface area contributed by atoms with E-state index in [1.165, 1.54) is 18.2 Å². The summed E-state index contributed by atoms with van der Waals surface area (Å²) in [4.78, 5) is 9.97. The van der Waals surface area contributed by atoms with Crippen molar-refractivity contribution in [1.29, 1.82) is 0 Å². The van der Waals surface area contributed by atoms with Crippen molar-refractivity contribution in [2.75, 3.05) is 13.1 Å². The average Bonchev–Trinajstić information content (AvgIpc) is 3.25. The van der Waals surface area contributed by atoms with E-state index in [2.05, 4.69) is 15.5 Å². The van der Waals surface area contributed by atoms with Gasteiger partial charge in [-0.2, -0.15) is 0 Å². The number of halogens is 2. The predicted octanol–water partition coefficient (Wildman–Crippen LogP) is 3.75. The van der Waals surface area contributed by atoms with Crippen molar-refractivity contribution in [3.63, 3.8) is 0 Å². The zero-order chi connectivity index (χ0) is 16.5. The molecule has 0 amide bonds. The Morgan fingerprint density at radius 2 is 1.92 bits per heavy atom. The van der Waals surface area contributed by atoms with Gasteiger partial charge in [0.2, 0.25) is 0 Å². The number of benzene rings is 1. The van der Waals surface area contributed by atoms with E-state index >= 15 is 0 Å². The predicted molar refractivity (Wildman–Crippen MR) is 88.3 cm³/mol. The maximum atomic E-state index is 13.9. The number of nitrogens with zero attached hydrogens (tertiary/aromatic N) is 2. The monoisotopic (exact) mass is 349 g/mol. The molecule has 1 atom stereocenters. The van der Waals surface area contributed by atoms with Gasteiger partial charge in [0.15, 0.2) is 6.10 Å². The largest absolute Gasteiger partial charge is 0.387 e. The van der Waals surface area contributed by atoms with Gasteiger partial charge in [0.25, 0.3) is 0 Å². The average molecular weight is 349 g/mol. The molecular weight excluding hydrogens is 332 g/mol. The second-order valence-electron chi connectivity index (χ2n) is 6.07. The van der Waals surface area contributed by atoms with Gasteiger partial charge in [0, 0.05) is 17.7 Å². The molecule has 1 aromatic carbocycles. The molecule has 0 saturated carbocycles. The Kier molecular flexibility index (Phi) is 4.28. The van der Waals surface area contributed by atoms with Crippen LogP contribution in [0.4, 0.5) is 8.78 Å². The van der Waals surface area contributed by atoms with E-state index in [1.54, 1.807) is 11.3 Å². The summed E-state index contributed by atoms with van der Waals surface area (Å²) in [6.07, 6.45) is 1.76. The molecule has 0 radical (unpaired) electrons. The third-order valence-corrected chi connectivity index (χ3v) is 5.50. The first-order valence-corrected chi connectivity index (χ1v) is 8.93. The van der Waals surface area contributed by atoms with Gasteiger partial charge in [-0.3, -0.25) is 0 Å². The molecule has 4 nitrogen and oxygen atoms in total. The van der Waals surface area contributed by atoms with Crippen LogP contribution in [-0.4, -0.2) is 23.8 Å². The van der Waals surface area contributed by atoms with Crippen molar-refractivity contribution in [2.24, 2.45) is 5.16 Å². The van der Waals surface area contributed by atoms with Gasteiger partial charge >= 0.3 is 0 Å². The fourth-order valence-corrected chi connectivity index (χ4v) is 4.18. The van der Waals surface area contributed by atoms with Gasteiger partial charge in [-0.25, -0.2) is 13.8 Å². The highest BCUT2D eigenvalue weighted by atomic mass is 32.1. The normalized spacial score (nSPS) is 21.6. The molecule has 1 N–H and O–H groups in total. The minimum absolute atomic E-state index is 0.0648. The van der Waals surface area contributed by atoms with Crippen LogP contribution in [0.15, 0.2) is 28.7 Å². The van der Waals surface area contributed by atoms with E-state index in [0.717, 1.165) is 36.6 Å². The topological polar surface area (TPSA) is 46.5 Å². The van der Waals surface area contributed by atoms with Crippen LogP contribution in [0.3, 0.4) is 0 Å². The van der Waals surface area contributed by atoms with E-state index in [9.17, 15) is 8.78 Å². The molecule has 126 valence electrons. The van der Waals surface area contributed by atoms with Crippen molar-refractivity contribution in [2.45, 2.75) is 31.3 Å². The van der Waals surface area contributed by atoms with E-state index < -0.39 is 17.7 Å². The fraction of sp³-hybridized carbons (Fsp3) is 0.412. The zero-order valence-corrected chi connectivity index (χ0v) is 13.8. The molecule has 1 fully saturated rings. The van der Waals surface area contributed by atoms with Crippen molar-refractivity contribution >= 4 is 17.0 Å². The maximum Gasteiger partial charge on any atom is 0.164 e. The van der Waals surface area contributed by atoms with E-state index in [0.29, 0.717) is 18.1 Å². The molecule has 4 rings (SSSR count). The SMILES string of the molecule is Fc1cccc(F)c1[C@H]1CC(c2csc(C3CCNCC3)n2)=NO1. The summed E-state index contributed by atoms with van der Waals surface area (Å²) in [6, 6.07) is 3.81. The number of hydrogen-bond donors (Lipinski definition) is 1.